The summed E-state index contributed by atoms with van der Waals surface area (Å²) in [7, 11) is 1.48. The maximum atomic E-state index is 10.8. The Balaban J connectivity index is 2.12. The van der Waals surface area contributed by atoms with Crippen LogP contribution in [0.4, 0.5) is 0 Å². The van der Waals surface area contributed by atoms with E-state index in [2.05, 4.69) is 20.6 Å². The summed E-state index contributed by atoms with van der Waals surface area (Å²) in [6.07, 6.45) is 1.97. The molecule has 0 saturated heterocycles. The zero-order chi connectivity index (χ0) is 8.81. The molecule has 2 N–H and O–H groups in total. The zero-order valence-electron chi connectivity index (χ0n) is 7.09. The Morgan fingerprint density at radius 3 is 3.17 bits per heavy atom. The van der Waals surface area contributed by atoms with Crippen molar-refractivity contribution in [2.45, 2.75) is 12.8 Å². The quantitative estimate of drug-likeness (QED) is 0.548. The average Bonchev–Trinajstić information content (AvgIpc) is 2.53. The number of hydrazine groups is 1. The molecule has 0 aromatic carbocycles. The van der Waals surface area contributed by atoms with Gasteiger partial charge in [0.15, 0.2) is 0 Å². The topological polar surface area (TPSA) is 62.7 Å². The maximum Gasteiger partial charge on any atom is 0.264 e. The first-order valence-corrected chi connectivity index (χ1v) is 3.90. The fourth-order valence-corrected chi connectivity index (χ4v) is 0.951. The molecular weight excluding hydrogens is 158 g/mol. The van der Waals surface area contributed by atoms with Gasteiger partial charge in [0, 0.05) is 20.1 Å². The number of amides is 1. The number of nitrogens with zero attached hydrogens (tertiary/aromatic N) is 1. The van der Waals surface area contributed by atoms with E-state index in [4.69, 9.17) is 0 Å². The van der Waals surface area contributed by atoms with Gasteiger partial charge in [0.05, 0.1) is 0 Å². The van der Waals surface area contributed by atoms with Gasteiger partial charge < -0.3 is 4.74 Å². The first kappa shape index (κ1) is 8.99. The average molecular weight is 171 g/mol. The van der Waals surface area contributed by atoms with Gasteiger partial charge in [0.2, 0.25) is 0 Å². The van der Waals surface area contributed by atoms with Crippen LogP contribution >= 0.6 is 0 Å². The van der Waals surface area contributed by atoms with Crippen LogP contribution in [0, 0.1) is 0 Å². The van der Waals surface area contributed by atoms with Crippen LogP contribution in [0.15, 0.2) is 4.99 Å². The van der Waals surface area contributed by atoms with Crippen LogP contribution in [0.5, 0.6) is 0 Å². The highest BCUT2D eigenvalue weighted by molar-refractivity contribution is 5.86. The summed E-state index contributed by atoms with van der Waals surface area (Å²) >= 11 is 0. The molecule has 0 aliphatic carbocycles. The Kier molecular flexibility index (Phi) is 3.53. The second-order valence-electron chi connectivity index (χ2n) is 2.54. The highest BCUT2D eigenvalue weighted by atomic mass is 16.5. The number of carbonyl (C=O) groups is 1. The van der Waals surface area contributed by atoms with Crippen LogP contribution < -0.4 is 10.9 Å². The Labute approximate surface area is 71.2 Å². The molecule has 68 valence electrons. The predicted octanol–water partition coefficient (Wildman–Crippen LogP) is -0.554. The molecule has 1 aliphatic rings. The fourth-order valence-electron chi connectivity index (χ4n) is 0.951. The van der Waals surface area contributed by atoms with Crippen LogP contribution in [0.1, 0.15) is 12.8 Å². The molecular formula is C7H13N3O2. The largest absolute Gasteiger partial charge is 0.375 e. The Morgan fingerprint density at radius 1 is 1.75 bits per heavy atom. The van der Waals surface area contributed by atoms with Gasteiger partial charge in [-0.25, -0.2) is 0 Å². The minimum absolute atomic E-state index is 0.0697. The van der Waals surface area contributed by atoms with Crippen LogP contribution in [-0.4, -0.2) is 32.0 Å². The van der Waals surface area contributed by atoms with Crippen molar-refractivity contribution >= 4 is 11.7 Å². The van der Waals surface area contributed by atoms with Gasteiger partial charge in [-0.3, -0.25) is 20.6 Å². The molecule has 0 bridgehead atoms. The van der Waals surface area contributed by atoms with Crippen LogP contribution in [-0.2, 0) is 9.53 Å². The summed E-state index contributed by atoms with van der Waals surface area (Å²) in [6, 6.07) is 0. The first-order chi connectivity index (χ1) is 5.83. The number of rotatable bonds is 2. The third kappa shape index (κ3) is 2.87. The smallest absolute Gasteiger partial charge is 0.264 e. The van der Waals surface area contributed by atoms with Crippen molar-refractivity contribution in [2.75, 3.05) is 20.3 Å². The van der Waals surface area contributed by atoms with Gasteiger partial charge >= 0.3 is 0 Å². The Hall–Kier alpha value is -1.10. The van der Waals surface area contributed by atoms with E-state index < -0.39 is 0 Å². The Morgan fingerprint density at radius 2 is 2.58 bits per heavy atom. The van der Waals surface area contributed by atoms with E-state index >= 15 is 0 Å². The van der Waals surface area contributed by atoms with Crippen molar-refractivity contribution in [2.24, 2.45) is 4.99 Å². The summed E-state index contributed by atoms with van der Waals surface area (Å²) in [5.74, 6) is 0.659. The van der Waals surface area contributed by atoms with Crippen molar-refractivity contribution in [3.63, 3.8) is 0 Å². The van der Waals surface area contributed by atoms with E-state index in [9.17, 15) is 4.79 Å². The lowest BCUT2D eigenvalue weighted by Crippen LogP contribution is -2.42. The maximum absolute atomic E-state index is 10.8. The van der Waals surface area contributed by atoms with Gasteiger partial charge in [0.1, 0.15) is 12.4 Å². The molecule has 5 nitrogen and oxygen atoms in total. The summed E-state index contributed by atoms with van der Waals surface area (Å²) in [4.78, 5) is 15.0. The van der Waals surface area contributed by atoms with E-state index in [0.717, 1.165) is 25.2 Å². The first-order valence-electron chi connectivity index (χ1n) is 3.90. The molecule has 1 heterocycles. The minimum Gasteiger partial charge on any atom is -0.375 e. The van der Waals surface area contributed by atoms with Gasteiger partial charge in [-0.15, -0.1) is 0 Å². The molecule has 0 radical (unpaired) electrons. The van der Waals surface area contributed by atoms with Crippen LogP contribution in [0.3, 0.4) is 0 Å². The molecule has 1 amide bonds. The molecule has 0 fully saturated rings. The number of aliphatic imine (C=N–C) groups is 1. The molecule has 0 aromatic heterocycles. The van der Waals surface area contributed by atoms with E-state index in [1.54, 1.807) is 0 Å². The van der Waals surface area contributed by atoms with Gasteiger partial charge in [-0.1, -0.05) is 0 Å². The zero-order valence-corrected chi connectivity index (χ0v) is 7.09. The highest BCUT2D eigenvalue weighted by Gasteiger charge is 2.06. The van der Waals surface area contributed by atoms with Crippen molar-refractivity contribution in [3.8, 4) is 0 Å². The molecule has 0 saturated carbocycles. The van der Waals surface area contributed by atoms with Gasteiger partial charge in [-0.2, -0.15) is 0 Å². The molecule has 12 heavy (non-hydrogen) atoms. The number of amidine groups is 1. The Bertz CT molecular complexity index is 191. The lowest BCUT2D eigenvalue weighted by atomic mass is 10.3. The third-order valence-electron chi connectivity index (χ3n) is 1.50. The molecule has 0 unspecified atom stereocenters. The standard InChI is InChI=1S/C7H13N3O2/c1-12-5-7(11)10-9-6-3-2-4-8-6/h2-5H2,1H3,(H,8,9)(H,10,11). The normalized spacial score (nSPS) is 15.6. The van der Waals surface area contributed by atoms with Crippen LogP contribution in [0.25, 0.3) is 0 Å². The molecule has 5 heteroatoms. The molecule has 1 rings (SSSR count). The highest BCUT2D eigenvalue weighted by Crippen LogP contribution is 1.99. The van der Waals surface area contributed by atoms with Gasteiger partial charge in [0.25, 0.3) is 5.91 Å². The second kappa shape index (κ2) is 4.71. The number of hydrogen-bond donors (Lipinski definition) is 2. The lowest BCUT2D eigenvalue weighted by molar-refractivity contribution is -0.125. The SMILES string of the molecule is COCC(=O)NNC1=NCCC1. The predicted molar refractivity (Wildman–Crippen MR) is 44.7 cm³/mol. The van der Waals surface area contributed by atoms with Crippen molar-refractivity contribution in [3.05, 3.63) is 0 Å². The molecule has 1 aliphatic heterocycles. The van der Waals surface area contributed by atoms with E-state index in [1.807, 2.05) is 0 Å². The van der Waals surface area contributed by atoms with Crippen molar-refractivity contribution < 1.29 is 9.53 Å². The van der Waals surface area contributed by atoms with E-state index in [1.165, 1.54) is 7.11 Å². The number of ether oxygens (including phenoxy) is 1. The molecule has 0 aromatic rings. The number of nitrogens with one attached hydrogen (secondary N) is 2. The van der Waals surface area contributed by atoms with Crippen molar-refractivity contribution in [1.29, 1.82) is 0 Å². The summed E-state index contributed by atoms with van der Waals surface area (Å²) in [6.45, 7) is 0.919. The summed E-state index contributed by atoms with van der Waals surface area (Å²) in [5.41, 5.74) is 5.22. The minimum atomic E-state index is -0.188. The van der Waals surface area contributed by atoms with E-state index in [-0.39, 0.29) is 12.5 Å². The molecule has 0 spiro atoms. The molecule has 0 atom stereocenters. The summed E-state index contributed by atoms with van der Waals surface area (Å²) in [5, 5.41) is 0. The summed E-state index contributed by atoms with van der Waals surface area (Å²) < 4.78 is 4.63. The van der Waals surface area contributed by atoms with Crippen LogP contribution in [0.2, 0.25) is 0 Å². The number of hydrogen-bond acceptors (Lipinski definition) is 4. The number of methoxy groups -OCH3 is 1. The second-order valence-corrected chi connectivity index (χ2v) is 2.54. The third-order valence-corrected chi connectivity index (χ3v) is 1.50. The monoisotopic (exact) mass is 171 g/mol. The van der Waals surface area contributed by atoms with Gasteiger partial charge in [-0.05, 0) is 6.42 Å². The lowest BCUT2D eigenvalue weighted by Gasteiger charge is -2.06. The van der Waals surface area contributed by atoms with Crippen molar-refractivity contribution in [1.82, 2.24) is 10.9 Å². The fraction of sp³-hybridized carbons (Fsp3) is 0.714. The van der Waals surface area contributed by atoms with E-state index in [0.29, 0.717) is 0 Å². The number of carbonyl (C=O) groups excluding carboxylic acids is 1.